The van der Waals surface area contributed by atoms with Crippen molar-refractivity contribution >= 4 is 15.8 Å². The molecule has 0 spiro atoms. The van der Waals surface area contributed by atoms with Crippen molar-refractivity contribution < 1.29 is 18.1 Å². The van der Waals surface area contributed by atoms with Crippen LogP contribution >= 0.6 is 0 Å². The van der Waals surface area contributed by atoms with Gasteiger partial charge in [0.05, 0.1) is 31.6 Å². The number of sulfonamides is 1. The van der Waals surface area contributed by atoms with Gasteiger partial charge in [0.1, 0.15) is 0 Å². The molecule has 1 aliphatic rings. The van der Waals surface area contributed by atoms with Crippen LogP contribution in [0.25, 0.3) is 0 Å². The number of ketones is 1. The minimum atomic E-state index is -3.50. The van der Waals surface area contributed by atoms with Crippen molar-refractivity contribution in [3.8, 4) is 0 Å². The van der Waals surface area contributed by atoms with E-state index in [0.717, 1.165) is 19.5 Å². The van der Waals surface area contributed by atoms with Crippen LogP contribution in [0.4, 0.5) is 0 Å². The molecule has 0 bridgehead atoms. The Morgan fingerprint density at radius 1 is 1.25 bits per heavy atom. The number of quaternary nitrogens is 1. The SMILES string of the molecule is CC(=O)c1cccc(S(=O)(=O)N2CCC[NH+](C)CC2)c1. The molecule has 1 atom stereocenters. The summed E-state index contributed by atoms with van der Waals surface area (Å²) in [6, 6.07) is 6.29. The fourth-order valence-electron chi connectivity index (χ4n) is 2.37. The van der Waals surface area contributed by atoms with E-state index in [1.54, 1.807) is 18.2 Å². The second kappa shape index (κ2) is 6.03. The molecule has 20 heavy (non-hydrogen) atoms. The first-order chi connectivity index (χ1) is 9.41. The fraction of sp³-hybridized carbons (Fsp3) is 0.500. The molecule has 1 aliphatic heterocycles. The van der Waals surface area contributed by atoms with Gasteiger partial charge >= 0.3 is 0 Å². The molecule has 5 nitrogen and oxygen atoms in total. The average molecular weight is 297 g/mol. The largest absolute Gasteiger partial charge is 0.336 e. The van der Waals surface area contributed by atoms with Crippen molar-refractivity contribution in [2.24, 2.45) is 0 Å². The molecule has 0 radical (unpaired) electrons. The summed E-state index contributed by atoms with van der Waals surface area (Å²) in [4.78, 5) is 12.9. The quantitative estimate of drug-likeness (QED) is 0.786. The highest BCUT2D eigenvalue weighted by Gasteiger charge is 2.27. The van der Waals surface area contributed by atoms with E-state index in [4.69, 9.17) is 0 Å². The van der Waals surface area contributed by atoms with Crippen molar-refractivity contribution in [3.63, 3.8) is 0 Å². The number of carbonyl (C=O) groups is 1. The monoisotopic (exact) mass is 297 g/mol. The number of benzene rings is 1. The molecule has 1 aromatic rings. The van der Waals surface area contributed by atoms with E-state index >= 15 is 0 Å². The minimum Gasteiger partial charge on any atom is -0.336 e. The van der Waals surface area contributed by atoms with E-state index in [-0.39, 0.29) is 10.7 Å². The molecule has 1 fully saturated rings. The number of nitrogens with zero attached hydrogens (tertiary/aromatic N) is 1. The van der Waals surface area contributed by atoms with E-state index in [9.17, 15) is 13.2 Å². The van der Waals surface area contributed by atoms with Crippen LogP contribution in [0.5, 0.6) is 0 Å². The maximum Gasteiger partial charge on any atom is 0.243 e. The Labute approximate surface area is 120 Å². The van der Waals surface area contributed by atoms with Crippen molar-refractivity contribution in [2.45, 2.75) is 18.2 Å². The maximum absolute atomic E-state index is 12.6. The van der Waals surface area contributed by atoms with Gasteiger partial charge in [0, 0.05) is 18.5 Å². The van der Waals surface area contributed by atoms with Gasteiger partial charge in [-0.25, -0.2) is 8.42 Å². The third kappa shape index (κ3) is 3.26. The number of hydrogen-bond acceptors (Lipinski definition) is 3. The fourth-order valence-corrected chi connectivity index (χ4v) is 3.90. The predicted octanol–water partition coefficient (Wildman–Crippen LogP) is -0.202. The van der Waals surface area contributed by atoms with Crippen molar-refractivity contribution in [3.05, 3.63) is 29.8 Å². The van der Waals surface area contributed by atoms with E-state index in [0.29, 0.717) is 18.7 Å². The molecule has 2 rings (SSSR count). The Bertz CT molecular complexity index is 598. The van der Waals surface area contributed by atoms with Crippen LogP contribution in [0.15, 0.2) is 29.2 Å². The highest BCUT2D eigenvalue weighted by molar-refractivity contribution is 7.89. The maximum atomic E-state index is 12.6. The third-order valence-electron chi connectivity index (χ3n) is 3.68. The van der Waals surface area contributed by atoms with Gasteiger partial charge < -0.3 is 4.90 Å². The first kappa shape index (κ1) is 15.2. The number of hydrogen-bond donors (Lipinski definition) is 1. The zero-order valence-corrected chi connectivity index (χ0v) is 12.7. The van der Waals surface area contributed by atoms with Crippen LogP contribution in [0.2, 0.25) is 0 Å². The Morgan fingerprint density at radius 2 is 2.00 bits per heavy atom. The van der Waals surface area contributed by atoms with Gasteiger partial charge in [0.15, 0.2) is 5.78 Å². The second-order valence-corrected chi connectivity index (χ2v) is 7.24. The number of rotatable bonds is 3. The van der Waals surface area contributed by atoms with Gasteiger partial charge in [-0.15, -0.1) is 0 Å². The Hall–Kier alpha value is -1.24. The molecule has 1 N–H and O–H groups in total. The summed E-state index contributed by atoms with van der Waals surface area (Å²) in [6.45, 7) is 4.31. The van der Waals surface area contributed by atoms with E-state index in [1.165, 1.54) is 22.2 Å². The highest BCUT2D eigenvalue weighted by atomic mass is 32.2. The molecule has 110 valence electrons. The lowest BCUT2D eigenvalue weighted by Crippen LogP contribution is -3.09. The lowest BCUT2D eigenvalue weighted by atomic mass is 10.2. The first-order valence-electron chi connectivity index (χ1n) is 6.84. The van der Waals surface area contributed by atoms with E-state index in [2.05, 4.69) is 7.05 Å². The molecule has 6 heteroatoms. The van der Waals surface area contributed by atoms with Crippen LogP contribution in [0.1, 0.15) is 23.7 Å². The Kier molecular flexibility index (Phi) is 4.57. The van der Waals surface area contributed by atoms with Gasteiger partial charge in [-0.2, -0.15) is 4.31 Å². The molecule has 1 unspecified atom stereocenters. The summed E-state index contributed by atoms with van der Waals surface area (Å²) >= 11 is 0. The molecule has 1 heterocycles. The molecule has 1 saturated heterocycles. The summed E-state index contributed by atoms with van der Waals surface area (Å²) < 4.78 is 26.8. The number of carbonyl (C=O) groups excluding carboxylic acids is 1. The van der Waals surface area contributed by atoms with Gasteiger partial charge in [0.25, 0.3) is 0 Å². The Morgan fingerprint density at radius 3 is 2.70 bits per heavy atom. The van der Waals surface area contributed by atoms with E-state index in [1.807, 2.05) is 0 Å². The smallest absolute Gasteiger partial charge is 0.243 e. The number of nitrogens with one attached hydrogen (secondary N) is 1. The summed E-state index contributed by atoms with van der Waals surface area (Å²) in [6.07, 6.45) is 0.859. The predicted molar refractivity (Wildman–Crippen MR) is 76.4 cm³/mol. The van der Waals surface area contributed by atoms with Gasteiger partial charge in [-0.05, 0) is 19.1 Å². The standard InChI is InChI=1S/C14H20N2O3S/c1-12(17)13-5-3-6-14(11-13)20(18,19)16-8-4-7-15(2)9-10-16/h3,5-6,11H,4,7-10H2,1-2H3/p+1. The van der Waals surface area contributed by atoms with Crippen LogP contribution in [0, 0.1) is 0 Å². The van der Waals surface area contributed by atoms with Crippen LogP contribution in [-0.4, -0.2) is 51.7 Å². The lowest BCUT2D eigenvalue weighted by Gasteiger charge is -2.19. The molecule has 0 saturated carbocycles. The summed E-state index contributed by atoms with van der Waals surface area (Å²) in [5.74, 6) is -0.123. The van der Waals surface area contributed by atoms with Gasteiger partial charge in [-0.3, -0.25) is 4.79 Å². The average Bonchev–Trinajstić information content (AvgIpc) is 2.64. The molecule has 0 aromatic heterocycles. The normalized spacial score (nSPS) is 21.4. The highest BCUT2D eigenvalue weighted by Crippen LogP contribution is 2.17. The number of Topliss-reactive ketones (excluding diaryl/α,β-unsaturated/α-hetero) is 1. The van der Waals surface area contributed by atoms with Gasteiger partial charge in [0.2, 0.25) is 10.0 Å². The summed E-state index contributed by atoms with van der Waals surface area (Å²) in [7, 11) is -1.42. The Balaban J connectivity index is 2.29. The molecular formula is C14H21N2O3S+. The topological polar surface area (TPSA) is 58.9 Å². The summed E-state index contributed by atoms with van der Waals surface area (Å²) in [5.41, 5.74) is 0.434. The number of likely N-dealkylation sites (N-methyl/N-ethyl adjacent to an activating group) is 1. The van der Waals surface area contributed by atoms with E-state index < -0.39 is 10.0 Å². The zero-order chi connectivity index (χ0) is 14.8. The molecular weight excluding hydrogens is 276 g/mol. The van der Waals surface area contributed by atoms with Gasteiger partial charge in [-0.1, -0.05) is 12.1 Å². The van der Waals surface area contributed by atoms with Crippen LogP contribution < -0.4 is 4.90 Å². The molecule has 0 amide bonds. The first-order valence-corrected chi connectivity index (χ1v) is 8.28. The zero-order valence-electron chi connectivity index (χ0n) is 11.9. The van der Waals surface area contributed by atoms with Crippen molar-refractivity contribution in [1.29, 1.82) is 0 Å². The van der Waals surface area contributed by atoms with Crippen molar-refractivity contribution in [2.75, 3.05) is 33.2 Å². The second-order valence-electron chi connectivity index (χ2n) is 5.30. The summed E-state index contributed by atoms with van der Waals surface area (Å²) in [5, 5.41) is 0. The van der Waals surface area contributed by atoms with Crippen LogP contribution in [0.3, 0.4) is 0 Å². The van der Waals surface area contributed by atoms with Crippen molar-refractivity contribution in [1.82, 2.24) is 4.31 Å². The van der Waals surface area contributed by atoms with Crippen LogP contribution in [-0.2, 0) is 10.0 Å². The molecule has 1 aromatic carbocycles. The lowest BCUT2D eigenvalue weighted by molar-refractivity contribution is -0.877. The minimum absolute atomic E-state index is 0.123. The molecule has 0 aliphatic carbocycles. The third-order valence-corrected chi connectivity index (χ3v) is 5.57.